The molecule has 0 aliphatic heterocycles. The summed E-state index contributed by atoms with van der Waals surface area (Å²) in [6.07, 6.45) is 16.3. The van der Waals surface area contributed by atoms with Gasteiger partial charge in [0.15, 0.2) is 0 Å². The van der Waals surface area contributed by atoms with Gasteiger partial charge >= 0.3 is 0 Å². The molecular formula is C28H44N2O2. The SMILES string of the molecule is CCCCN(C(=O)c1ccc(C(=O)N(CCCC)C2CCCCC2)cc1)C1CCCCC1. The molecule has 2 aliphatic carbocycles. The number of rotatable bonds is 10. The van der Waals surface area contributed by atoms with Gasteiger partial charge in [0.05, 0.1) is 0 Å². The van der Waals surface area contributed by atoms with Gasteiger partial charge in [0.2, 0.25) is 0 Å². The molecule has 0 radical (unpaired) electrons. The smallest absolute Gasteiger partial charge is 0.254 e. The van der Waals surface area contributed by atoms with E-state index in [1.165, 1.54) is 38.5 Å². The van der Waals surface area contributed by atoms with Gasteiger partial charge in [-0.1, -0.05) is 65.2 Å². The minimum absolute atomic E-state index is 0.138. The number of nitrogens with zero attached hydrogens (tertiary/aromatic N) is 2. The van der Waals surface area contributed by atoms with Crippen LogP contribution in [0.25, 0.3) is 0 Å². The highest BCUT2D eigenvalue weighted by Crippen LogP contribution is 2.26. The molecule has 1 aromatic carbocycles. The molecule has 2 aliphatic rings. The van der Waals surface area contributed by atoms with E-state index in [-0.39, 0.29) is 11.8 Å². The molecule has 2 saturated carbocycles. The number of unbranched alkanes of at least 4 members (excludes halogenated alkanes) is 2. The van der Waals surface area contributed by atoms with E-state index in [9.17, 15) is 9.59 Å². The van der Waals surface area contributed by atoms with Gasteiger partial charge in [-0.15, -0.1) is 0 Å². The van der Waals surface area contributed by atoms with Gasteiger partial charge in [0, 0.05) is 36.3 Å². The summed E-state index contributed by atoms with van der Waals surface area (Å²) in [4.78, 5) is 31.0. The molecule has 0 bridgehead atoms. The van der Waals surface area contributed by atoms with Crippen LogP contribution in [0.2, 0.25) is 0 Å². The third kappa shape index (κ3) is 6.59. The Morgan fingerprint density at radius 1 is 0.656 bits per heavy atom. The van der Waals surface area contributed by atoms with Crippen LogP contribution in [0.5, 0.6) is 0 Å². The predicted molar refractivity (Wildman–Crippen MR) is 132 cm³/mol. The van der Waals surface area contributed by atoms with Crippen molar-refractivity contribution in [3.05, 3.63) is 35.4 Å². The second-order valence-corrected chi connectivity index (χ2v) is 9.87. The number of hydrogen-bond donors (Lipinski definition) is 0. The van der Waals surface area contributed by atoms with Crippen molar-refractivity contribution in [3.8, 4) is 0 Å². The highest BCUT2D eigenvalue weighted by atomic mass is 16.2. The third-order valence-corrected chi connectivity index (χ3v) is 7.44. The van der Waals surface area contributed by atoms with Gasteiger partial charge in [-0.3, -0.25) is 9.59 Å². The first kappa shape index (κ1) is 24.8. The first-order valence-corrected chi connectivity index (χ1v) is 13.4. The Labute approximate surface area is 195 Å². The van der Waals surface area contributed by atoms with Crippen LogP contribution >= 0.6 is 0 Å². The number of amides is 2. The Morgan fingerprint density at radius 3 is 1.31 bits per heavy atom. The van der Waals surface area contributed by atoms with Gasteiger partial charge in [-0.2, -0.15) is 0 Å². The van der Waals surface area contributed by atoms with E-state index in [1.807, 2.05) is 24.3 Å². The zero-order valence-electron chi connectivity index (χ0n) is 20.5. The molecule has 0 saturated heterocycles. The Bertz CT molecular complexity index is 642. The highest BCUT2D eigenvalue weighted by Gasteiger charge is 2.28. The van der Waals surface area contributed by atoms with Crippen molar-refractivity contribution in [3.63, 3.8) is 0 Å². The van der Waals surface area contributed by atoms with Crippen molar-refractivity contribution in [1.29, 1.82) is 0 Å². The van der Waals surface area contributed by atoms with E-state index < -0.39 is 0 Å². The van der Waals surface area contributed by atoms with Crippen molar-refractivity contribution in [1.82, 2.24) is 9.80 Å². The fraction of sp³-hybridized carbons (Fsp3) is 0.714. The molecule has 4 heteroatoms. The van der Waals surface area contributed by atoms with Crippen molar-refractivity contribution in [2.24, 2.45) is 0 Å². The van der Waals surface area contributed by atoms with E-state index >= 15 is 0 Å². The molecule has 32 heavy (non-hydrogen) atoms. The van der Waals surface area contributed by atoms with Crippen LogP contribution in [-0.4, -0.2) is 46.8 Å². The van der Waals surface area contributed by atoms with E-state index in [4.69, 9.17) is 0 Å². The Morgan fingerprint density at radius 2 is 1.00 bits per heavy atom. The fourth-order valence-corrected chi connectivity index (χ4v) is 5.43. The summed E-state index contributed by atoms with van der Waals surface area (Å²) >= 11 is 0. The lowest BCUT2D eigenvalue weighted by Gasteiger charge is -2.35. The summed E-state index contributed by atoms with van der Waals surface area (Å²) in [5.74, 6) is 0.277. The zero-order chi connectivity index (χ0) is 22.8. The van der Waals surface area contributed by atoms with Crippen LogP contribution in [0.4, 0.5) is 0 Å². The van der Waals surface area contributed by atoms with E-state index in [0.29, 0.717) is 12.1 Å². The maximum Gasteiger partial charge on any atom is 0.254 e. The molecule has 0 aromatic heterocycles. The predicted octanol–water partition coefficient (Wildman–Crippen LogP) is 6.84. The van der Waals surface area contributed by atoms with Crippen molar-refractivity contribution >= 4 is 11.8 Å². The monoisotopic (exact) mass is 440 g/mol. The van der Waals surface area contributed by atoms with Crippen molar-refractivity contribution in [2.75, 3.05) is 13.1 Å². The van der Waals surface area contributed by atoms with Gasteiger partial charge in [-0.25, -0.2) is 0 Å². The molecule has 0 spiro atoms. The maximum atomic E-state index is 13.4. The van der Waals surface area contributed by atoms with E-state index in [2.05, 4.69) is 23.6 Å². The van der Waals surface area contributed by atoms with Gasteiger partial charge in [0.25, 0.3) is 11.8 Å². The van der Waals surface area contributed by atoms with E-state index in [0.717, 1.165) is 75.6 Å². The standard InChI is InChI=1S/C28H44N2O2/c1-3-5-21-29(25-13-9-7-10-14-25)27(31)23-17-19-24(20-18-23)28(32)30(22-6-4-2)26-15-11-8-12-16-26/h17-20,25-26H,3-16,21-22H2,1-2H3. The van der Waals surface area contributed by atoms with Gasteiger partial charge in [-0.05, 0) is 62.8 Å². The van der Waals surface area contributed by atoms with Crippen molar-refractivity contribution in [2.45, 2.75) is 116 Å². The first-order valence-electron chi connectivity index (χ1n) is 13.4. The summed E-state index contributed by atoms with van der Waals surface area (Å²) in [5.41, 5.74) is 1.45. The molecule has 0 N–H and O–H groups in total. The molecule has 0 heterocycles. The Hall–Kier alpha value is -1.84. The Kier molecular flexibility index (Phi) is 10.1. The van der Waals surface area contributed by atoms with Crippen LogP contribution in [-0.2, 0) is 0 Å². The summed E-state index contributed by atoms with van der Waals surface area (Å²) in [6.45, 7) is 6.04. The largest absolute Gasteiger partial charge is 0.336 e. The molecule has 1 aromatic rings. The van der Waals surface area contributed by atoms with Crippen molar-refractivity contribution < 1.29 is 9.59 Å². The Balaban J connectivity index is 1.72. The fourth-order valence-electron chi connectivity index (χ4n) is 5.43. The molecule has 2 fully saturated rings. The van der Waals surface area contributed by atoms with E-state index in [1.54, 1.807) is 0 Å². The number of benzene rings is 1. The van der Waals surface area contributed by atoms with Crippen LogP contribution in [0, 0.1) is 0 Å². The second kappa shape index (κ2) is 13.0. The summed E-state index contributed by atoms with van der Waals surface area (Å²) in [6, 6.07) is 8.29. The lowest BCUT2D eigenvalue weighted by atomic mass is 9.93. The molecule has 178 valence electrons. The summed E-state index contributed by atoms with van der Waals surface area (Å²) in [5, 5.41) is 0. The number of carbonyl (C=O) groups is 2. The topological polar surface area (TPSA) is 40.6 Å². The lowest BCUT2D eigenvalue weighted by molar-refractivity contribution is 0.0618. The van der Waals surface area contributed by atoms with Crippen LogP contribution in [0.3, 0.4) is 0 Å². The molecule has 3 rings (SSSR count). The lowest BCUT2D eigenvalue weighted by Crippen LogP contribution is -2.42. The van der Waals surface area contributed by atoms with Gasteiger partial charge < -0.3 is 9.80 Å². The second-order valence-electron chi connectivity index (χ2n) is 9.87. The minimum Gasteiger partial charge on any atom is -0.336 e. The van der Waals surface area contributed by atoms with Crippen LogP contribution < -0.4 is 0 Å². The number of carbonyl (C=O) groups excluding carboxylic acids is 2. The normalized spacial score (nSPS) is 17.8. The average Bonchev–Trinajstić information content (AvgIpc) is 2.85. The zero-order valence-corrected chi connectivity index (χ0v) is 20.5. The minimum atomic E-state index is 0.138. The van der Waals surface area contributed by atoms with Crippen LogP contribution in [0.1, 0.15) is 124 Å². The quantitative estimate of drug-likeness (QED) is 0.400. The molecular weight excluding hydrogens is 396 g/mol. The molecule has 0 unspecified atom stereocenters. The molecule has 0 atom stereocenters. The van der Waals surface area contributed by atoms with Crippen LogP contribution in [0.15, 0.2) is 24.3 Å². The van der Waals surface area contributed by atoms with Gasteiger partial charge in [0.1, 0.15) is 0 Å². The molecule has 4 nitrogen and oxygen atoms in total. The maximum absolute atomic E-state index is 13.4. The third-order valence-electron chi connectivity index (χ3n) is 7.44. The highest BCUT2D eigenvalue weighted by molar-refractivity contribution is 5.98. The number of hydrogen-bond acceptors (Lipinski definition) is 2. The summed E-state index contributed by atoms with van der Waals surface area (Å²) in [7, 11) is 0. The first-order chi connectivity index (χ1) is 15.7. The average molecular weight is 441 g/mol. The molecule has 2 amide bonds. The summed E-state index contributed by atoms with van der Waals surface area (Å²) < 4.78 is 0.